The van der Waals surface area contributed by atoms with Gasteiger partial charge in [-0.3, -0.25) is 4.79 Å². The van der Waals surface area contributed by atoms with E-state index in [0.29, 0.717) is 6.54 Å². The van der Waals surface area contributed by atoms with Gasteiger partial charge >= 0.3 is 6.18 Å². The summed E-state index contributed by atoms with van der Waals surface area (Å²) >= 11 is 1.59. The van der Waals surface area contributed by atoms with Gasteiger partial charge in [0.15, 0.2) is 0 Å². The molecule has 1 rings (SSSR count). The van der Waals surface area contributed by atoms with Crippen LogP contribution in [0.5, 0.6) is 0 Å². The number of alkyl halides is 3. The average Bonchev–Trinajstić information content (AvgIpc) is 2.87. The predicted octanol–water partition coefficient (Wildman–Crippen LogP) is 2.44. The Kier molecular flexibility index (Phi) is 7.13. The smallest absolute Gasteiger partial charge is 0.372 e. The van der Waals surface area contributed by atoms with Crippen molar-refractivity contribution in [3.63, 3.8) is 0 Å². The largest absolute Gasteiger partial charge is 0.411 e. The molecule has 0 fully saturated rings. The summed E-state index contributed by atoms with van der Waals surface area (Å²) in [6, 6.07) is 3.96. The molecule has 4 nitrogen and oxygen atoms in total. The molecule has 1 aromatic rings. The first-order valence-corrected chi connectivity index (χ1v) is 7.28. The maximum atomic E-state index is 11.9. The molecule has 1 amide bonds. The minimum absolute atomic E-state index is 0.0463. The Hall–Kier alpha value is -1.12. The first-order chi connectivity index (χ1) is 9.79. The molecule has 0 aliphatic rings. The van der Waals surface area contributed by atoms with Gasteiger partial charge in [0, 0.05) is 17.8 Å². The molecule has 1 N–H and O–H groups in total. The molecule has 1 heterocycles. The van der Waals surface area contributed by atoms with Crippen molar-refractivity contribution in [1.82, 2.24) is 10.2 Å². The normalized spacial score (nSPS) is 13.4. The van der Waals surface area contributed by atoms with Crippen molar-refractivity contribution in [2.45, 2.75) is 18.6 Å². The third-order valence-electron chi connectivity index (χ3n) is 2.73. The fraction of sp³-hybridized carbons (Fsp3) is 0.615. The van der Waals surface area contributed by atoms with Gasteiger partial charge in [0.25, 0.3) is 0 Å². The Morgan fingerprint density at radius 1 is 1.48 bits per heavy atom. The van der Waals surface area contributed by atoms with Crippen LogP contribution in [0.3, 0.4) is 0 Å². The molecule has 0 aliphatic heterocycles. The van der Waals surface area contributed by atoms with Gasteiger partial charge in [-0.2, -0.15) is 13.2 Å². The Morgan fingerprint density at radius 3 is 2.71 bits per heavy atom. The number of carbonyl (C=O) groups excluding carboxylic acids is 1. The van der Waals surface area contributed by atoms with Crippen molar-refractivity contribution < 1.29 is 22.7 Å². The lowest BCUT2D eigenvalue weighted by Gasteiger charge is -2.23. The monoisotopic (exact) mass is 324 g/mol. The molecule has 1 aromatic heterocycles. The average molecular weight is 324 g/mol. The summed E-state index contributed by atoms with van der Waals surface area (Å²) in [7, 11) is 3.81. The summed E-state index contributed by atoms with van der Waals surface area (Å²) in [5, 5.41) is 4.67. The van der Waals surface area contributed by atoms with Crippen molar-refractivity contribution in [1.29, 1.82) is 0 Å². The van der Waals surface area contributed by atoms with Crippen molar-refractivity contribution in [3.05, 3.63) is 22.4 Å². The van der Waals surface area contributed by atoms with Crippen LogP contribution in [0.4, 0.5) is 13.2 Å². The molecule has 0 saturated carbocycles. The van der Waals surface area contributed by atoms with E-state index in [0.717, 1.165) is 4.88 Å². The zero-order valence-corrected chi connectivity index (χ0v) is 12.8. The zero-order valence-electron chi connectivity index (χ0n) is 11.9. The Balaban J connectivity index is 2.28. The second kappa shape index (κ2) is 8.35. The lowest BCUT2D eigenvalue weighted by atomic mass is 10.2. The summed E-state index contributed by atoms with van der Waals surface area (Å²) in [5.74, 6) is -0.319. The van der Waals surface area contributed by atoms with Crippen LogP contribution < -0.4 is 5.32 Å². The Bertz CT molecular complexity index is 422. The first-order valence-electron chi connectivity index (χ1n) is 6.40. The molecule has 0 bridgehead atoms. The molecule has 0 saturated heterocycles. The fourth-order valence-electron chi connectivity index (χ4n) is 1.67. The minimum Gasteiger partial charge on any atom is -0.372 e. The number of amides is 1. The van der Waals surface area contributed by atoms with Gasteiger partial charge in [-0.25, -0.2) is 0 Å². The molecule has 0 aliphatic carbocycles. The van der Waals surface area contributed by atoms with E-state index >= 15 is 0 Å². The van der Waals surface area contributed by atoms with E-state index in [2.05, 4.69) is 10.1 Å². The van der Waals surface area contributed by atoms with Crippen molar-refractivity contribution in [2.24, 2.45) is 0 Å². The summed E-state index contributed by atoms with van der Waals surface area (Å²) < 4.78 is 40.0. The summed E-state index contributed by atoms with van der Waals surface area (Å²) in [4.78, 5) is 14.7. The van der Waals surface area contributed by atoms with E-state index in [1.807, 2.05) is 36.5 Å². The van der Waals surface area contributed by atoms with E-state index < -0.39 is 12.8 Å². The third kappa shape index (κ3) is 7.45. The second-order valence-corrected chi connectivity index (χ2v) is 5.70. The molecular formula is C13H19F3N2O2S. The van der Waals surface area contributed by atoms with Gasteiger partial charge < -0.3 is 15.0 Å². The lowest BCUT2D eigenvalue weighted by molar-refractivity contribution is -0.174. The van der Waals surface area contributed by atoms with Crippen LogP contribution in [0.1, 0.15) is 17.3 Å². The van der Waals surface area contributed by atoms with Crippen LogP contribution in [0.25, 0.3) is 0 Å². The molecule has 8 heteroatoms. The number of hydrogen-bond donors (Lipinski definition) is 1. The molecule has 0 aromatic carbocycles. The number of carbonyl (C=O) groups is 1. The zero-order chi connectivity index (χ0) is 15.9. The van der Waals surface area contributed by atoms with Crippen molar-refractivity contribution in [3.8, 4) is 0 Å². The molecule has 0 radical (unpaired) electrons. The quantitative estimate of drug-likeness (QED) is 0.747. The molecule has 0 spiro atoms. The number of hydrogen-bond acceptors (Lipinski definition) is 4. The Labute approximate surface area is 125 Å². The fourth-order valence-corrected chi connectivity index (χ4v) is 2.59. The van der Waals surface area contributed by atoms with E-state index in [9.17, 15) is 18.0 Å². The number of nitrogens with zero attached hydrogens (tertiary/aromatic N) is 1. The van der Waals surface area contributed by atoms with Crippen LogP contribution in [0.15, 0.2) is 17.5 Å². The van der Waals surface area contributed by atoms with Gasteiger partial charge in [-0.1, -0.05) is 6.07 Å². The highest BCUT2D eigenvalue weighted by molar-refractivity contribution is 7.10. The van der Waals surface area contributed by atoms with Gasteiger partial charge in [0.2, 0.25) is 5.91 Å². The molecule has 120 valence electrons. The van der Waals surface area contributed by atoms with E-state index in [1.165, 1.54) is 0 Å². The standard InChI is InChI=1S/C13H19F3N2O2S/c1-18(2)10(11-4-3-7-21-11)8-17-12(19)5-6-20-9-13(14,15)16/h3-4,7,10H,5-6,8-9H2,1-2H3,(H,17,19). The van der Waals surface area contributed by atoms with Crippen LogP contribution in [0.2, 0.25) is 0 Å². The first kappa shape index (κ1) is 17.9. The van der Waals surface area contributed by atoms with Crippen LogP contribution in [-0.2, 0) is 9.53 Å². The Morgan fingerprint density at radius 2 is 2.19 bits per heavy atom. The van der Waals surface area contributed by atoms with Gasteiger partial charge in [0.05, 0.1) is 12.6 Å². The summed E-state index contributed by atoms with van der Waals surface area (Å²) in [6.45, 7) is -1.15. The topological polar surface area (TPSA) is 41.6 Å². The van der Waals surface area contributed by atoms with Crippen LogP contribution >= 0.6 is 11.3 Å². The lowest BCUT2D eigenvalue weighted by Crippen LogP contribution is -2.34. The molecule has 21 heavy (non-hydrogen) atoms. The predicted molar refractivity (Wildman–Crippen MR) is 75.2 cm³/mol. The number of ether oxygens (including phenoxy) is 1. The second-order valence-electron chi connectivity index (χ2n) is 4.72. The van der Waals surface area contributed by atoms with Crippen molar-refractivity contribution >= 4 is 17.2 Å². The number of likely N-dealkylation sites (N-methyl/N-ethyl adjacent to an activating group) is 1. The van der Waals surface area contributed by atoms with E-state index in [1.54, 1.807) is 11.3 Å². The summed E-state index contributed by atoms with van der Waals surface area (Å²) in [6.07, 6.45) is -4.44. The molecular weight excluding hydrogens is 305 g/mol. The number of rotatable bonds is 8. The molecule has 1 unspecified atom stereocenters. The number of nitrogens with one attached hydrogen (secondary N) is 1. The third-order valence-corrected chi connectivity index (χ3v) is 3.70. The summed E-state index contributed by atoms with van der Waals surface area (Å²) in [5.41, 5.74) is 0. The highest BCUT2D eigenvalue weighted by Crippen LogP contribution is 2.22. The van der Waals surface area contributed by atoms with E-state index in [4.69, 9.17) is 0 Å². The van der Waals surface area contributed by atoms with Gasteiger partial charge in [-0.15, -0.1) is 11.3 Å². The maximum Gasteiger partial charge on any atom is 0.411 e. The van der Waals surface area contributed by atoms with Crippen LogP contribution in [-0.4, -0.2) is 50.8 Å². The molecule has 1 atom stereocenters. The number of halogens is 3. The highest BCUT2D eigenvalue weighted by atomic mass is 32.1. The maximum absolute atomic E-state index is 11.9. The highest BCUT2D eigenvalue weighted by Gasteiger charge is 2.27. The number of thiophene rings is 1. The van der Waals surface area contributed by atoms with E-state index in [-0.39, 0.29) is 25.0 Å². The minimum atomic E-state index is -4.36. The SMILES string of the molecule is CN(C)C(CNC(=O)CCOCC(F)(F)F)c1cccs1. The van der Waals surface area contributed by atoms with Crippen molar-refractivity contribution in [2.75, 3.05) is 33.9 Å². The van der Waals surface area contributed by atoms with Crippen LogP contribution in [0, 0.1) is 0 Å². The van der Waals surface area contributed by atoms with Gasteiger partial charge in [-0.05, 0) is 25.5 Å². The van der Waals surface area contributed by atoms with Gasteiger partial charge in [0.1, 0.15) is 6.61 Å².